The first-order valence-corrected chi connectivity index (χ1v) is 4.68. The third-order valence-electron chi connectivity index (χ3n) is 2.35. The van der Waals surface area contributed by atoms with E-state index in [-0.39, 0.29) is 17.6 Å². The monoisotopic (exact) mass is 192 g/mol. The molecule has 1 unspecified atom stereocenters. The first kappa shape index (κ1) is 9.21. The number of aromatic hydroxyl groups is 1. The topological polar surface area (TPSA) is 46.5 Å². The molecular weight excluding hydrogens is 180 g/mol. The van der Waals surface area contributed by atoms with E-state index in [0.29, 0.717) is 19.4 Å². The summed E-state index contributed by atoms with van der Waals surface area (Å²) in [5, 5.41) is 9.27. The van der Waals surface area contributed by atoms with Crippen LogP contribution in [-0.2, 0) is 9.53 Å². The zero-order valence-corrected chi connectivity index (χ0v) is 7.77. The van der Waals surface area contributed by atoms with E-state index in [2.05, 4.69) is 0 Å². The summed E-state index contributed by atoms with van der Waals surface area (Å²) >= 11 is 0. The van der Waals surface area contributed by atoms with Gasteiger partial charge in [0.1, 0.15) is 11.5 Å². The van der Waals surface area contributed by atoms with Gasteiger partial charge in [-0.3, -0.25) is 4.79 Å². The lowest BCUT2D eigenvalue weighted by Gasteiger charge is -2.22. The largest absolute Gasteiger partial charge is 0.508 e. The minimum Gasteiger partial charge on any atom is -0.508 e. The highest BCUT2D eigenvalue weighted by molar-refractivity contribution is 5.79. The number of ketones is 1. The summed E-state index contributed by atoms with van der Waals surface area (Å²) in [6.07, 6.45) is 0.752. The van der Waals surface area contributed by atoms with Crippen LogP contribution >= 0.6 is 0 Å². The number of Topliss-reactive ketones (excluding diaryl/α,β-unsaturated/α-hetero) is 1. The third-order valence-corrected chi connectivity index (χ3v) is 2.35. The predicted octanol–water partition coefficient (Wildman–Crippen LogP) is 1.81. The summed E-state index contributed by atoms with van der Waals surface area (Å²) in [7, 11) is 0. The normalized spacial score (nSPS) is 22.3. The highest BCUT2D eigenvalue weighted by atomic mass is 16.5. The summed E-state index contributed by atoms with van der Waals surface area (Å²) in [5.41, 5.74) is 0.873. The van der Waals surface area contributed by atoms with E-state index in [1.54, 1.807) is 18.2 Å². The first-order valence-electron chi connectivity index (χ1n) is 4.68. The molecule has 3 heteroatoms. The third kappa shape index (κ3) is 1.93. The van der Waals surface area contributed by atoms with Crippen molar-refractivity contribution in [3.05, 3.63) is 29.8 Å². The molecule has 0 saturated carbocycles. The van der Waals surface area contributed by atoms with Gasteiger partial charge in [-0.25, -0.2) is 0 Å². The number of hydrogen-bond acceptors (Lipinski definition) is 3. The molecule has 1 fully saturated rings. The Hall–Kier alpha value is -1.35. The second-order valence-corrected chi connectivity index (χ2v) is 3.45. The molecule has 3 nitrogen and oxygen atoms in total. The molecule has 1 aromatic carbocycles. The average Bonchev–Trinajstić information content (AvgIpc) is 2.18. The van der Waals surface area contributed by atoms with Gasteiger partial charge in [0.15, 0.2) is 0 Å². The Balaban J connectivity index is 2.17. The number of carbonyl (C=O) groups is 1. The van der Waals surface area contributed by atoms with Crippen molar-refractivity contribution in [2.75, 3.05) is 6.61 Å². The van der Waals surface area contributed by atoms with Crippen molar-refractivity contribution in [3.8, 4) is 5.75 Å². The average molecular weight is 192 g/mol. The fraction of sp³-hybridized carbons (Fsp3) is 0.364. The lowest BCUT2D eigenvalue weighted by atomic mass is 10.0. The SMILES string of the molecule is O=C1CCOC(c2cccc(O)c2)C1. The van der Waals surface area contributed by atoms with E-state index in [4.69, 9.17) is 4.74 Å². The summed E-state index contributed by atoms with van der Waals surface area (Å²) in [6, 6.07) is 6.87. The van der Waals surface area contributed by atoms with E-state index in [9.17, 15) is 9.90 Å². The van der Waals surface area contributed by atoms with Crippen LogP contribution in [0.25, 0.3) is 0 Å². The van der Waals surface area contributed by atoms with Crippen LogP contribution in [0.4, 0.5) is 0 Å². The van der Waals surface area contributed by atoms with E-state index in [1.807, 2.05) is 6.07 Å². The molecule has 0 aromatic heterocycles. The molecule has 0 aliphatic carbocycles. The standard InChI is InChI=1S/C11H12O3/c12-9-3-1-2-8(6-9)11-7-10(13)4-5-14-11/h1-3,6,11-12H,4-5,7H2. The molecule has 1 saturated heterocycles. The van der Waals surface area contributed by atoms with Gasteiger partial charge >= 0.3 is 0 Å². The van der Waals surface area contributed by atoms with Crippen molar-refractivity contribution in [3.63, 3.8) is 0 Å². The maximum Gasteiger partial charge on any atom is 0.138 e. The van der Waals surface area contributed by atoms with Gasteiger partial charge in [0.25, 0.3) is 0 Å². The van der Waals surface area contributed by atoms with Gasteiger partial charge in [0.05, 0.1) is 12.7 Å². The number of ether oxygens (including phenoxy) is 1. The van der Waals surface area contributed by atoms with E-state index in [1.165, 1.54) is 0 Å². The maximum atomic E-state index is 11.2. The Kier molecular flexibility index (Phi) is 2.50. The molecule has 0 bridgehead atoms. The molecule has 1 N–H and O–H groups in total. The molecule has 1 aliphatic rings. The van der Waals surface area contributed by atoms with E-state index >= 15 is 0 Å². The van der Waals surface area contributed by atoms with E-state index in [0.717, 1.165) is 5.56 Å². The molecular formula is C11H12O3. The molecule has 2 rings (SSSR count). The summed E-state index contributed by atoms with van der Waals surface area (Å²) in [4.78, 5) is 11.2. The van der Waals surface area contributed by atoms with Crippen LogP contribution in [0.3, 0.4) is 0 Å². The highest BCUT2D eigenvalue weighted by Gasteiger charge is 2.21. The Bertz CT molecular complexity index is 346. The van der Waals surface area contributed by atoms with Crippen molar-refractivity contribution in [1.82, 2.24) is 0 Å². The minimum atomic E-state index is -0.177. The quantitative estimate of drug-likeness (QED) is 0.738. The van der Waals surface area contributed by atoms with E-state index < -0.39 is 0 Å². The number of carbonyl (C=O) groups excluding carboxylic acids is 1. The maximum absolute atomic E-state index is 11.2. The molecule has 1 heterocycles. The molecule has 0 radical (unpaired) electrons. The van der Waals surface area contributed by atoms with Crippen LogP contribution < -0.4 is 0 Å². The Morgan fingerprint density at radius 1 is 1.43 bits per heavy atom. The lowest BCUT2D eigenvalue weighted by Crippen LogP contribution is -2.19. The molecule has 1 atom stereocenters. The zero-order valence-electron chi connectivity index (χ0n) is 7.77. The number of hydrogen-bond donors (Lipinski definition) is 1. The van der Waals surface area contributed by atoms with Crippen LogP contribution in [0.2, 0.25) is 0 Å². The molecule has 1 aliphatic heterocycles. The number of rotatable bonds is 1. The molecule has 74 valence electrons. The summed E-state index contributed by atoms with van der Waals surface area (Å²) in [5.74, 6) is 0.439. The number of phenols is 1. The number of phenolic OH excluding ortho intramolecular Hbond substituents is 1. The fourth-order valence-corrected chi connectivity index (χ4v) is 1.62. The van der Waals surface area contributed by atoms with Crippen LogP contribution in [-0.4, -0.2) is 17.5 Å². The minimum absolute atomic E-state index is 0.177. The van der Waals surface area contributed by atoms with Gasteiger partial charge in [-0.15, -0.1) is 0 Å². The van der Waals surface area contributed by atoms with Crippen molar-refractivity contribution < 1.29 is 14.6 Å². The first-order chi connectivity index (χ1) is 6.75. The zero-order chi connectivity index (χ0) is 9.97. The van der Waals surface area contributed by atoms with Gasteiger partial charge < -0.3 is 9.84 Å². The van der Waals surface area contributed by atoms with Crippen molar-refractivity contribution in [2.24, 2.45) is 0 Å². The number of benzene rings is 1. The van der Waals surface area contributed by atoms with Crippen molar-refractivity contribution in [1.29, 1.82) is 0 Å². The summed E-state index contributed by atoms with van der Waals surface area (Å²) in [6.45, 7) is 0.485. The predicted molar refractivity (Wildman–Crippen MR) is 51.0 cm³/mol. The molecule has 1 aromatic rings. The second kappa shape index (κ2) is 3.80. The van der Waals surface area contributed by atoms with Gasteiger partial charge in [0, 0.05) is 12.8 Å². The van der Waals surface area contributed by atoms with Crippen molar-refractivity contribution in [2.45, 2.75) is 18.9 Å². The molecule has 0 spiro atoms. The molecule has 0 amide bonds. The van der Waals surface area contributed by atoms with Gasteiger partial charge in [-0.2, -0.15) is 0 Å². The second-order valence-electron chi connectivity index (χ2n) is 3.45. The van der Waals surface area contributed by atoms with Crippen molar-refractivity contribution >= 4 is 5.78 Å². The van der Waals surface area contributed by atoms with Crippen LogP contribution in [0, 0.1) is 0 Å². The lowest BCUT2D eigenvalue weighted by molar-refractivity contribution is -0.128. The van der Waals surface area contributed by atoms with Gasteiger partial charge in [-0.1, -0.05) is 12.1 Å². The highest BCUT2D eigenvalue weighted by Crippen LogP contribution is 2.27. The van der Waals surface area contributed by atoms with Crippen LogP contribution in [0.1, 0.15) is 24.5 Å². The van der Waals surface area contributed by atoms with Crippen LogP contribution in [0.15, 0.2) is 24.3 Å². The molecule has 14 heavy (non-hydrogen) atoms. The van der Waals surface area contributed by atoms with Crippen LogP contribution in [0.5, 0.6) is 5.75 Å². The summed E-state index contributed by atoms with van der Waals surface area (Å²) < 4.78 is 5.46. The smallest absolute Gasteiger partial charge is 0.138 e. The Morgan fingerprint density at radius 2 is 2.29 bits per heavy atom. The van der Waals surface area contributed by atoms with Gasteiger partial charge in [-0.05, 0) is 17.7 Å². The Morgan fingerprint density at radius 3 is 3.00 bits per heavy atom. The Labute approximate surface area is 82.3 Å². The fourth-order valence-electron chi connectivity index (χ4n) is 1.62. The van der Waals surface area contributed by atoms with Gasteiger partial charge in [0.2, 0.25) is 0 Å².